The molecule has 1 aliphatic heterocycles. The molecule has 40 heavy (non-hydrogen) atoms. The summed E-state index contributed by atoms with van der Waals surface area (Å²) in [6.45, 7) is 8.27. The summed E-state index contributed by atoms with van der Waals surface area (Å²) in [4.78, 5) is 25.7. The van der Waals surface area contributed by atoms with Crippen molar-refractivity contribution in [3.8, 4) is 11.5 Å². The van der Waals surface area contributed by atoms with Gasteiger partial charge in [-0.1, -0.05) is 37.2 Å². The second-order valence-electron chi connectivity index (χ2n) is 13.7. The van der Waals surface area contributed by atoms with Gasteiger partial charge in [-0.3, -0.25) is 4.79 Å². The number of carbonyl (C=O) groups is 1. The number of carbonyl (C=O) groups excluding carboxylic acids is 1. The zero-order valence-corrected chi connectivity index (χ0v) is 23.8. The molecule has 3 heterocycles. The van der Waals surface area contributed by atoms with Crippen molar-refractivity contribution < 1.29 is 18.6 Å². The molecule has 0 radical (unpaired) electrons. The topological polar surface area (TPSA) is 107 Å². The molecule has 4 aliphatic rings. The minimum atomic E-state index is -0.175. The van der Waals surface area contributed by atoms with Gasteiger partial charge in [0, 0.05) is 53.7 Å². The van der Waals surface area contributed by atoms with Crippen LogP contribution in [0.15, 0.2) is 33.3 Å². The van der Waals surface area contributed by atoms with E-state index in [4.69, 9.17) is 18.8 Å². The molecule has 1 aromatic carbocycles. The molecule has 7 rings (SSSR count). The van der Waals surface area contributed by atoms with Crippen LogP contribution in [0.5, 0.6) is 0 Å². The molecule has 0 N–H and O–H groups in total. The van der Waals surface area contributed by atoms with Crippen molar-refractivity contribution >= 4 is 11.6 Å². The number of hydrogen-bond acceptors (Lipinski definition) is 8. The smallest absolute Gasteiger partial charge is 0.258 e. The van der Waals surface area contributed by atoms with Crippen molar-refractivity contribution in [2.45, 2.75) is 95.3 Å². The Hall–Kier alpha value is -3.07. The van der Waals surface area contributed by atoms with Gasteiger partial charge in [0.25, 0.3) is 5.89 Å². The number of benzene rings is 1. The van der Waals surface area contributed by atoms with Crippen LogP contribution in [0, 0.1) is 11.3 Å². The highest BCUT2D eigenvalue weighted by molar-refractivity contribution is 5.95. The fraction of sp³-hybridized carbons (Fsp3) is 0.645. The highest BCUT2D eigenvalue weighted by atomic mass is 16.5. The summed E-state index contributed by atoms with van der Waals surface area (Å²) in [7, 11) is 0. The quantitative estimate of drug-likeness (QED) is 0.358. The van der Waals surface area contributed by atoms with Crippen molar-refractivity contribution in [3.63, 3.8) is 0 Å². The molecular weight excluding hydrogens is 506 g/mol. The van der Waals surface area contributed by atoms with E-state index in [1.54, 1.807) is 0 Å². The predicted molar refractivity (Wildman–Crippen MR) is 148 cm³/mol. The molecule has 212 valence electrons. The van der Waals surface area contributed by atoms with Crippen LogP contribution in [0.2, 0.25) is 0 Å². The number of anilines is 1. The van der Waals surface area contributed by atoms with Gasteiger partial charge >= 0.3 is 0 Å². The lowest BCUT2D eigenvalue weighted by molar-refractivity contribution is -0.125. The third-order valence-electron chi connectivity index (χ3n) is 9.64. The second-order valence-corrected chi connectivity index (χ2v) is 13.7. The number of aromatic nitrogens is 4. The summed E-state index contributed by atoms with van der Waals surface area (Å²) in [6, 6.07) is 8.07. The Labute approximate surface area is 235 Å². The van der Waals surface area contributed by atoms with E-state index in [1.165, 1.54) is 0 Å². The van der Waals surface area contributed by atoms with Crippen molar-refractivity contribution in [3.05, 3.63) is 41.8 Å². The predicted octanol–water partition coefficient (Wildman–Crippen LogP) is 5.96. The van der Waals surface area contributed by atoms with Gasteiger partial charge in [0.05, 0.1) is 0 Å². The molecule has 3 saturated carbocycles. The van der Waals surface area contributed by atoms with Crippen LogP contribution in [0.4, 0.5) is 5.69 Å². The molecule has 0 unspecified atom stereocenters. The van der Waals surface area contributed by atoms with E-state index in [0.717, 1.165) is 80.7 Å². The van der Waals surface area contributed by atoms with Crippen molar-refractivity contribution in [1.29, 1.82) is 0 Å². The monoisotopic (exact) mass is 545 g/mol. The second kappa shape index (κ2) is 9.50. The summed E-state index contributed by atoms with van der Waals surface area (Å²) in [5.74, 6) is 3.45. The van der Waals surface area contributed by atoms with Crippen LogP contribution < -0.4 is 4.90 Å². The average Bonchev–Trinajstić information content (AvgIpc) is 3.36. The van der Waals surface area contributed by atoms with Crippen molar-refractivity contribution in [2.24, 2.45) is 11.3 Å². The summed E-state index contributed by atoms with van der Waals surface area (Å²) >= 11 is 0. The van der Waals surface area contributed by atoms with Gasteiger partial charge in [0.15, 0.2) is 11.6 Å². The van der Waals surface area contributed by atoms with Crippen LogP contribution in [-0.4, -0.2) is 45.9 Å². The number of amides is 1. The van der Waals surface area contributed by atoms with Crippen LogP contribution in [0.3, 0.4) is 0 Å². The Bertz CT molecular complexity index is 1390. The minimum absolute atomic E-state index is 0.0298. The van der Waals surface area contributed by atoms with E-state index in [2.05, 4.69) is 41.0 Å². The van der Waals surface area contributed by atoms with Crippen LogP contribution in [0.1, 0.15) is 102 Å². The first-order valence-electron chi connectivity index (χ1n) is 14.9. The number of ether oxygens (including phenoxy) is 1. The molecule has 2 aromatic heterocycles. The van der Waals surface area contributed by atoms with E-state index in [9.17, 15) is 4.79 Å². The molecule has 4 fully saturated rings. The molecule has 0 spiro atoms. The van der Waals surface area contributed by atoms with E-state index in [1.807, 2.05) is 24.3 Å². The van der Waals surface area contributed by atoms with Gasteiger partial charge in [-0.25, -0.2) is 0 Å². The molecule has 3 aromatic rings. The zero-order chi connectivity index (χ0) is 27.5. The zero-order valence-electron chi connectivity index (χ0n) is 23.8. The maximum Gasteiger partial charge on any atom is 0.258 e. The van der Waals surface area contributed by atoms with Crippen LogP contribution in [-0.2, 0) is 20.4 Å². The lowest BCUT2D eigenvalue weighted by Crippen LogP contribution is -2.44. The first-order valence-corrected chi connectivity index (χ1v) is 14.9. The van der Waals surface area contributed by atoms with E-state index >= 15 is 0 Å². The Balaban J connectivity index is 1.18. The van der Waals surface area contributed by atoms with Gasteiger partial charge in [0.1, 0.15) is 0 Å². The fourth-order valence-corrected chi connectivity index (χ4v) is 7.05. The van der Waals surface area contributed by atoms with E-state index < -0.39 is 0 Å². The lowest BCUT2D eigenvalue weighted by atomic mass is 9.81. The summed E-state index contributed by atoms with van der Waals surface area (Å²) < 4.78 is 16.9. The number of nitrogens with zero attached hydrogens (tertiary/aromatic N) is 5. The molecule has 0 atom stereocenters. The van der Waals surface area contributed by atoms with Crippen LogP contribution in [0.25, 0.3) is 11.5 Å². The molecule has 9 heteroatoms. The van der Waals surface area contributed by atoms with Gasteiger partial charge in [-0.2, -0.15) is 9.97 Å². The van der Waals surface area contributed by atoms with Crippen LogP contribution >= 0.6 is 0 Å². The summed E-state index contributed by atoms with van der Waals surface area (Å²) in [5.41, 5.74) is 1.54. The maximum absolute atomic E-state index is 14.2. The lowest BCUT2D eigenvalue weighted by Gasteiger charge is -2.36. The Morgan fingerprint density at radius 1 is 1.00 bits per heavy atom. The highest BCUT2D eigenvalue weighted by Gasteiger charge is 2.58. The molecule has 1 saturated heterocycles. The number of hydrogen-bond donors (Lipinski definition) is 0. The van der Waals surface area contributed by atoms with E-state index in [0.29, 0.717) is 37.5 Å². The van der Waals surface area contributed by atoms with Gasteiger partial charge in [-0.15, -0.1) is 0 Å². The summed E-state index contributed by atoms with van der Waals surface area (Å²) in [6.07, 6.45) is 8.92. The highest BCUT2D eigenvalue weighted by Crippen LogP contribution is 2.62. The normalized spacial score (nSPS) is 26.9. The number of rotatable bonds is 7. The molecule has 1 amide bonds. The summed E-state index contributed by atoms with van der Waals surface area (Å²) in [5, 5.41) is 8.68. The first kappa shape index (κ1) is 25.9. The average molecular weight is 546 g/mol. The van der Waals surface area contributed by atoms with Crippen molar-refractivity contribution in [1.82, 2.24) is 20.3 Å². The molecule has 3 aliphatic carbocycles. The third kappa shape index (κ3) is 4.66. The SMILES string of the molecule is CC(C)(C)c1nc(C23CCC(CN(C(=O)C4CCOCC4)c4cccc(-c5nc(C6CC6)no5)c4)(CC2)C3)no1. The number of fused-ring (bicyclic) bond motifs is 2. The van der Waals surface area contributed by atoms with Gasteiger partial charge in [0.2, 0.25) is 11.8 Å². The maximum atomic E-state index is 14.2. The first-order chi connectivity index (χ1) is 19.2. The van der Waals surface area contributed by atoms with Gasteiger partial charge in [-0.05, 0) is 81.4 Å². The van der Waals surface area contributed by atoms with E-state index in [-0.39, 0.29) is 28.1 Å². The molecular formula is C31H39N5O4. The molecule has 2 bridgehead atoms. The third-order valence-corrected chi connectivity index (χ3v) is 9.64. The van der Waals surface area contributed by atoms with Crippen molar-refractivity contribution in [2.75, 3.05) is 24.7 Å². The Kier molecular flexibility index (Phi) is 6.14. The Morgan fingerprint density at radius 3 is 2.48 bits per heavy atom. The standard InChI is InChI=1S/C31H39N5O4/c1-29(2,3)28-33-27(35-40-28)31-13-11-30(18-31,12-14-31)19-36(26(37)21-9-15-38-16-10-21)23-6-4-5-22(17-23)25-32-24(34-39-25)20-7-8-20/h4-6,17,20-21H,7-16,18-19H2,1-3H3. The Morgan fingerprint density at radius 2 is 1.77 bits per heavy atom. The molecule has 9 nitrogen and oxygen atoms in total. The minimum Gasteiger partial charge on any atom is -0.381 e. The largest absolute Gasteiger partial charge is 0.381 e. The van der Waals surface area contributed by atoms with Gasteiger partial charge < -0.3 is 18.7 Å². The fourth-order valence-electron chi connectivity index (χ4n) is 7.05.